The fourth-order valence-electron chi connectivity index (χ4n) is 3.86. The molecule has 4 rings (SSSR count). The van der Waals surface area contributed by atoms with Crippen molar-refractivity contribution in [1.29, 1.82) is 0 Å². The van der Waals surface area contributed by atoms with Crippen LogP contribution in [0.4, 0.5) is 5.69 Å². The van der Waals surface area contributed by atoms with Crippen LogP contribution in [0.1, 0.15) is 34.0 Å². The maximum atomic E-state index is 12.7. The average Bonchev–Trinajstić information content (AvgIpc) is 3.01. The van der Waals surface area contributed by atoms with Crippen LogP contribution < -0.4 is 29.7 Å². The Labute approximate surface area is 245 Å². The first kappa shape index (κ1) is 29.7. The number of nitrogens with zero attached hydrogens (tertiary/aromatic N) is 1. The highest BCUT2D eigenvalue weighted by Crippen LogP contribution is 2.29. The van der Waals surface area contributed by atoms with Crippen LogP contribution in [0.15, 0.2) is 96.1 Å². The smallest absolute Gasteiger partial charge is 0.271 e. The largest absolute Gasteiger partial charge is 0.493 e. The average molecular weight is 568 g/mol. The van der Waals surface area contributed by atoms with E-state index in [-0.39, 0.29) is 12.5 Å². The Morgan fingerprint density at radius 1 is 0.810 bits per heavy atom. The van der Waals surface area contributed by atoms with Gasteiger partial charge in [-0.25, -0.2) is 5.43 Å². The van der Waals surface area contributed by atoms with E-state index in [4.69, 9.17) is 18.9 Å². The number of rotatable bonds is 13. The number of nitrogens with one attached hydrogen (secondary N) is 2. The van der Waals surface area contributed by atoms with Gasteiger partial charge in [-0.2, -0.15) is 5.10 Å². The van der Waals surface area contributed by atoms with E-state index in [1.54, 1.807) is 36.4 Å². The van der Waals surface area contributed by atoms with Crippen LogP contribution in [-0.4, -0.2) is 38.4 Å². The predicted molar refractivity (Wildman–Crippen MR) is 162 cm³/mol. The lowest BCUT2D eigenvalue weighted by atomic mass is 10.2. The van der Waals surface area contributed by atoms with Gasteiger partial charge in [-0.05, 0) is 73.5 Å². The van der Waals surface area contributed by atoms with E-state index in [1.807, 2.05) is 68.4 Å². The molecule has 9 nitrogen and oxygen atoms in total. The van der Waals surface area contributed by atoms with Crippen LogP contribution in [0.2, 0.25) is 0 Å². The summed E-state index contributed by atoms with van der Waals surface area (Å²) >= 11 is 0. The fourth-order valence-corrected chi connectivity index (χ4v) is 3.86. The summed E-state index contributed by atoms with van der Waals surface area (Å²) in [5.41, 5.74) is 6.36. The van der Waals surface area contributed by atoms with Gasteiger partial charge in [0.25, 0.3) is 11.8 Å². The number of amides is 2. The van der Waals surface area contributed by atoms with Gasteiger partial charge in [-0.15, -0.1) is 0 Å². The number of carbonyl (C=O) groups is 2. The summed E-state index contributed by atoms with van der Waals surface area (Å²) in [5, 5.41) is 6.87. The molecule has 0 unspecified atom stereocenters. The first-order valence-corrected chi connectivity index (χ1v) is 13.4. The van der Waals surface area contributed by atoms with E-state index < -0.39 is 5.91 Å². The van der Waals surface area contributed by atoms with Crippen molar-refractivity contribution in [3.05, 3.63) is 113 Å². The lowest BCUT2D eigenvalue weighted by Gasteiger charge is -2.13. The number of aryl methyl sites for hydroxylation is 1. The molecule has 42 heavy (non-hydrogen) atoms. The number of carbonyl (C=O) groups excluding carboxylic acids is 2. The molecule has 0 atom stereocenters. The highest BCUT2D eigenvalue weighted by molar-refractivity contribution is 5.95. The number of ether oxygens (including phenoxy) is 4. The quantitative estimate of drug-likeness (QED) is 0.157. The van der Waals surface area contributed by atoms with E-state index in [1.165, 1.54) is 13.3 Å². The van der Waals surface area contributed by atoms with Crippen molar-refractivity contribution >= 4 is 23.7 Å². The Hall–Kier alpha value is -5.31. The summed E-state index contributed by atoms with van der Waals surface area (Å²) in [6, 6.07) is 27.3. The van der Waals surface area contributed by atoms with Crippen molar-refractivity contribution in [2.45, 2.75) is 20.5 Å². The molecule has 216 valence electrons. The molecule has 0 aliphatic rings. The molecule has 0 saturated carbocycles. The molecule has 0 spiro atoms. The van der Waals surface area contributed by atoms with Crippen molar-refractivity contribution in [3.63, 3.8) is 0 Å². The zero-order valence-corrected chi connectivity index (χ0v) is 23.8. The number of hydrazone groups is 1. The van der Waals surface area contributed by atoms with Crippen LogP contribution >= 0.6 is 0 Å². The van der Waals surface area contributed by atoms with Gasteiger partial charge in [0, 0.05) is 11.3 Å². The minimum Gasteiger partial charge on any atom is -0.493 e. The SMILES string of the molecule is CCOc1cc(/C=N/NC(=O)c2ccc(OCc3ccccc3)c(OC)c2)ccc1OCC(=O)Nc1ccc(C)cc1. The highest BCUT2D eigenvalue weighted by Gasteiger charge is 2.12. The molecule has 4 aromatic carbocycles. The summed E-state index contributed by atoms with van der Waals surface area (Å²) in [7, 11) is 1.52. The predicted octanol–water partition coefficient (Wildman–Crippen LogP) is 5.76. The standard InChI is InChI=1S/C33H33N3O6/c1-4-40-31-18-25(12-16-29(31)42-22-32(37)35-27-14-10-23(2)11-15-27)20-34-36-33(38)26-13-17-28(30(19-26)39-3)41-21-24-8-6-5-7-9-24/h5-20H,4,21-22H2,1-3H3,(H,35,37)(H,36,38)/b34-20+. The van der Waals surface area contributed by atoms with Gasteiger partial charge in [-0.3, -0.25) is 9.59 Å². The molecule has 0 heterocycles. The number of hydrogen-bond acceptors (Lipinski definition) is 7. The third-order valence-corrected chi connectivity index (χ3v) is 6.00. The van der Waals surface area contributed by atoms with E-state index in [0.717, 1.165) is 11.1 Å². The van der Waals surface area contributed by atoms with Gasteiger partial charge in [0.2, 0.25) is 0 Å². The van der Waals surface area contributed by atoms with Crippen LogP contribution in [0.25, 0.3) is 0 Å². The second-order valence-electron chi connectivity index (χ2n) is 9.18. The normalized spacial score (nSPS) is 10.6. The van der Waals surface area contributed by atoms with E-state index in [2.05, 4.69) is 15.8 Å². The first-order chi connectivity index (χ1) is 20.4. The third kappa shape index (κ3) is 8.59. The molecule has 0 saturated heterocycles. The molecule has 2 amide bonds. The van der Waals surface area contributed by atoms with E-state index in [0.29, 0.717) is 53.0 Å². The van der Waals surface area contributed by atoms with Gasteiger partial charge in [0.15, 0.2) is 29.6 Å². The summed E-state index contributed by atoms with van der Waals surface area (Å²) in [5.74, 6) is 1.13. The Morgan fingerprint density at radius 3 is 2.29 bits per heavy atom. The summed E-state index contributed by atoms with van der Waals surface area (Å²) in [4.78, 5) is 25.0. The van der Waals surface area contributed by atoms with Crippen molar-refractivity contribution < 1.29 is 28.5 Å². The van der Waals surface area contributed by atoms with Crippen LogP contribution in [0.3, 0.4) is 0 Å². The zero-order chi connectivity index (χ0) is 29.7. The van der Waals surface area contributed by atoms with E-state index >= 15 is 0 Å². The maximum absolute atomic E-state index is 12.7. The van der Waals surface area contributed by atoms with Gasteiger partial charge in [-0.1, -0.05) is 48.0 Å². The minimum absolute atomic E-state index is 0.184. The Balaban J connectivity index is 1.33. The fraction of sp³-hybridized carbons (Fsp3) is 0.182. The maximum Gasteiger partial charge on any atom is 0.271 e. The topological polar surface area (TPSA) is 107 Å². The van der Waals surface area contributed by atoms with Crippen LogP contribution in [-0.2, 0) is 11.4 Å². The monoisotopic (exact) mass is 567 g/mol. The van der Waals surface area contributed by atoms with Crippen molar-refractivity contribution in [1.82, 2.24) is 5.43 Å². The van der Waals surface area contributed by atoms with Crippen molar-refractivity contribution in [2.75, 3.05) is 25.6 Å². The lowest BCUT2D eigenvalue weighted by molar-refractivity contribution is -0.118. The summed E-state index contributed by atoms with van der Waals surface area (Å²) in [6.45, 7) is 4.42. The first-order valence-electron chi connectivity index (χ1n) is 13.4. The second-order valence-corrected chi connectivity index (χ2v) is 9.18. The third-order valence-electron chi connectivity index (χ3n) is 6.00. The van der Waals surface area contributed by atoms with Crippen LogP contribution in [0.5, 0.6) is 23.0 Å². The van der Waals surface area contributed by atoms with Crippen LogP contribution in [0, 0.1) is 6.92 Å². The molecule has 0 aliphatic carbocycles. The second kappa shape index (κ2) is 14.9. The van der Waals surface area contributed by atoms with Gasteiger partial charge >= 0.3 is 0 Å². The number of benzene rings is 4. The Morgan fingerprint density at radius 2 is 1.55 bits per heavy atom. The van der Waals surface area contributed by atoms with E-state index in [9.17, 15) is 9.59 Å². The summed E-state index contributed by atoms with van der Waals surface area (Å²) in [6.07, 6.45) is 1.49. The number of hydrogen-bond donors (Lipinski definition) is 2. The molecule has 0 aromatic heterocycles. The Kier molecular flexibility index (Phi) is 10.5. The van der Waals surface area contributed by atoms with Crippen molar-refractivity contribution in [2.24, 2.45) is 5.10 Å². The van der Waals surface area contributed by atoms with Gasteiger partial charge < -0.3 is 24.3 Å². The zero-order valence-electron chi connectivity index (χ0n) is 23.8. The summed E-state index contributed by atoms with van der Waals surface area (Å²) < 4.78 is 22.7. The molecule has 2 N–H and O–H groups in total. The molecular formula is C33H33N3O6. The van der Waals surface area contributed by atoms with Gasteiger partial charge in [0.1, 0.15) is 6.61 Å². The van der Waals surface area contributed by atoms with Gasteiger partial charge in [0.05, 0.1) is 19.9 Å². The minimum atomic E-state index is -0.413. The molecule has 0 fully saturated rings. The number of methoxy groups -OCH3 is 1. The molecule has 0 aliphatic heterocycles. The molecule has 9 heteroatoms. The molecular weight excluding hydrogens is 534 g/mol. The number of anilines is 1. The highest BCUT2D eigenvalue weighted by atomic mass is 16.5. The molecule has 0 bridgehead atoms. The molecule has 0 radical (unpaired) electrons. The molecule has 4 aromatic rings. The lowest BCUT2D eigenvalue weighted by Crippen LogP contribution is -2.20. The van der Waals surface area contributed by atoms with Crippen molar-refractivity contribution in [3.8, 4) is 23.0 Å². The Bertz CT molecular complexity index is 1520.